The Morgan fingerprint density at radius 2 is 1.88 bits per heavy atom. The molecule has 0 aliphatic rings. The molecule has 0 unspecified atom stereocenters. The van der Waals surface area contributed by atoms with Crippen molar-refractivity contribution in [1.29, 1.82) is 0 Å². The number of hydrogen-bond donors (Lipinski definition) is 3. The summed E-state index contributed by atoms with van der Waals surface area (Å²) in [7, 11) is 0. The molecule has 0 spiro atoms. The van der Waals surface area contributed by atoms with Crippen LogP contribution in [0.4, 0.5) is 5.69 Å². The van der Waals surface area contributed by atoms with E-state index in [1.54, 1.807) is 6.20 Å². The van der Waals surface area contributed by atoms with Gasteiger partial charge in [0.05, 0.1) is 6.04 Å². The average Bonchev–Trinajstić information content (AvgIpc) is 2.94. The lowest BCUT2D eigenvalue weighted by Crippen LogP contribution is -2.45. The van der Waals surface area contributed by atoms with E-state index < -0.39 is 6.04 Å². The van der Waals surface area contributed by atoms with Gasteiger partial charge in [-0.15, -0.1) is 0 Å². The highest BCUT2D eigenvalue weighted by molar-refractivity contribution is 5.96. The number of H-pyrrole nitrogens is 1. The SMILES string of the molecule is Cc1cc2c(-c3ccc(NC(=O)[C@@H](N)C(C)(C)C)cc3)ccnc2[nH]1. The lowest BCUT2D eigenvalue weighted by Gasteiger charge is -2.25. The molecule has 0 aliphatic heterocycles. The minimum atomic E-state index is -0.560. The number of aryl methyl sites for hydroxylation is 1. The van der Waals surface area contributed by atoms with Crippen LogP contribution in [0.25, 0.3) is 22.2 Å². The molecule has 0 radical (unpaired) electrons. The van der Waals surface area contributed by atoms with Crippen molar-refractivity contribution in [2.24, 2.45) is 11.1 Å². The fourth-order valence-corrected chi connectivity index (χ4v) is 2.76. The summed E-state index contributed by atoms with van der Waals surface area (Å²) in [6, 6.07) is 11.3. The summed E-state index contributed by atoms with van der Waals surface area (Å²) in [5, 5.41) is 3.98. The highest BCUT2D eigenvalue weighted by atomic mass is 16.2. The van der Waals surface area contributed by atoms with Crippen LogP contribution in [0.15, 0.2) is 42.6 Å². The predicted octanol–water partition coefficient (Wildman–Crippen LogP) is 3.85. The molecular formula is C20H24N4O. The number of aromatic nitrogens is 2. The maximum absolute atomic E-state index is 12.2. The first-order valence-electron chi connectivity index (χ1n) is 8.37. The molecule has 5 nitrogen and oxygen atoms in total. The first-order chi connectivity index (χ1) is 11.8. The Balaban J connectivity index is 1.84. The number of benzene rings is 1. The molecule has 4 N–H and O–H groups in total. The van der Waals surface area contributed by atoms with Crippen molar-refractivity contribution in [3.8, 4) is 11.1 Å². The van der Waals surface area contributed by atoms with E-state index in [2.05, 4.69) is 21.4 Å². The van der Waals surface area contributed by atoms with E-state index in [1.807, 2.05) is 58.0 Å². The van der Waals surface area contributed by atoms with Gasteiger partial charge in [-0.05, 0) is 47.7 Å². The van der Waals surface area contributed by atoms with Crippen molar-refractivity contribution < 1.29 is 4.79 Å². The van der Waals surface area contributed by atoms with Crippen LogP contribution >= 0.6 is 0 Å². The van der Waals surface area contributed by atoms with E-state index in [9.17, 15) is 4.79 Å². The number of rotatable bonds is 3. The van der Waals surface area contributed by atoms with Crippen molar-refractivity contribution in [1.82, 2.24) is 9.97 Å². The summed E-state index contributed by atoms with van der Waals surface area (Å²) in [5.41, 5.74) is 10.6. The number of nitrogens with one attached hydrogen (secondary N) is 2. The smallest absolute Gasteiger partial charge is 0.241 e. The van der Waals surface area contributed by atoms with Crippen LogP contribution in [-0.4, -0.2) is 21.9 Å². The molecular weight excluding hydrogens is 312 g/mol. The summed E-state index contributed by atoms with van der Waals surface area (Å²) >= 11 is 0. The van der Waals surface area contributed by atoms with Gasteiger partial charge in [-0.3, -0.25) is 4.79 Å². The highest BCUT2D eigenvalue weighted by Gasteiger charge is 2.27. The molecule has 1 amide bonds. The number of carbonyl (C=O) groups is 1. The Kier molecular flexibility index (Phi) is 4.35. The topological polar surface area (TPSA) is 83.8 Å². The number of amides is 1. The van der Waals surface area contributed by atoms with Crippen molar-refractivity contribution in [3.63, 3.8) is 0 Å². The summed E-state index contributed by atoms with van der Waals surface area (Å²) in [6.45, 7) is 7.87. The third kappa shape index (κ3) is 3.56. The van der Waals surface area contributed by atoms with Gasteiger partial charge in [0.1, 0.15) is 5.65 Å². The quantitative estimate of drug-likeness (QED) is 0.679. The summed E-state index contributed by atoms with van der Waals surface area (Å²) in [4.78, 5) is 19.9. The van der Waals surface area contributed by atoms with Crippen molar-refractivity contribution in [2.45, 2.75) is 33.7 Å². The molecule has 25 heavy (non-hydrogen) atoms. The summed E-state index contributed by atoms with van der Waals surface area (Å²) in [5.74, 6) is -0.173. The minimum Gasteiger partial charge on any atom is -0.344 e. The minimum absolute atomic E-state index is 0.173. The number of carbonyl (C=O) groups excluding carboxylic acids is 1. The standard InChI is InChI=1S/C20H24N4O/c1-12-11-16-15(9-10-22-18(16)23-12)13-5-7-14(8-6-13)24-19(25)17(21)20(2,3)4/h5-11,17H,21H2,1-4H3,(H,22,23)(H,24,25)/t17-/m1/s1. The van der Waals surface area contributed by atoms with Gasteiger partial charge in [0.25, 0.3) is 0 Å². The van der Waals surface area contributed by atoms with Crippen LogP contribution in [0.1, 0.15) is 26.5 Å². The average molecular weight is 336 g/mol. The molecule has 2 aromatic heterocycles. The molecule has 0 aliphatic carbocycles. The molecule has 3 rings (SSSR count). The van der Waals surface area contributed by atoms with Gasteiger partial charge >= 0.3 is 0 Å². The lowest BCUT2D eigenvalue weighted by atomic mass is 9.87. The van der Waals surface area contributed by atoms with E-state index >= 15 is 0 Å². The van der Waals surface area contributed by atoms with Gasteiger partial charge in [-0.25, -0.2) is 4.98 Å². The molecule has 1 atom stereocenters. The van der Waals surface area contributed by atoms with Crippen LogP contribution in [-0.2, 0) is 4.79 Å². The van der Waals surface area contributed by atoms with Crippen molar-refractivity contribution in [2.75, 3.05) is 5.32 Å². The maximum atomic E-state index is 12.2. The molecule has 2 heterocycles. The van der Waals surface area contributed by atoms with Gasteiger partial charge in [0.15, 0.2) is 0 Å². The molecule has 5 heteroatoms. The zero-order chi connectivity index (χ0) is 18.2. The second kappa shape index (κ2) is 6.33. The summed E-state index contributed by atoms with van der Waals surface area (Å²) in [6.07, 6.45) is 1.80. The molecule has 0 saturated carbocycles. The van der Waals surface area contributed by atoms with Crippen LogP contribution in [0, 0.1) is 12.3 Å². The molecule has 1 aromatic carbocycles. The first-order valence-corrected chi connectivity index (χ1v) is 8.37. The Bertz CT molecular complexity index is 904. The van der Waals surface area contributed by atoms with Gasteiger partial charge in [0, 0.05) is 23.0 Å². The summed E-state index contributed by atoms with van der Waals surface area (Å²) < 4.78 is 0. The molecule has 3 aromatic rings. The molecule has 0 fully saturated rings. The number of nitrogens with zero attached hydrogens (tertiary/aromatic N) is 1. The third-order valence-corrected chi connectivity index (χ3v) is 4.35. The van der Waals surface area contributed by atoms with Crippen LogP contribution in [0.2, 0.25) is 0 Å². The van der Waals surface area contributed by atoms with Crippen LogP contribution < -0.4 is 11.1 Å². The fourth-order valence-electron chi connectivity index (χ4n) is 2.76. The van der Waals surface area contributed by atoms with Gasteiger partial charge in [-0.2, -0.15) is 0 Å². The zero-order valence-electron chi connectivity index (χ0n) is 15.1. The molecule has 130 valence electrons. The third-order valence-electron chi connectivity index (χ3n) is 4.35. The highest BCUT2D eigenvalue weighted by Crippen LogP contribution is 2.29. The first kappa shape index (κ1) is 17.2. The van der Waals surface area contributed by atoms with Gasteiger partial charge in [-0.1, -0.05) is 32.9 Å². The van der Waals surface area contributed by atoms with E-state index in [1.165, 1.54) is 0 Å². The largest absolute Gasteiger partial charge is 0.344 e. The monoisotopic (exact) mass is 336 g/mol. The van der Waals surface area contributed by atoms with Crippen molar-refractivity contribution in [3.05, 3.63) is 48.3 Å². The molecule has 0 saturated heterocycles. The van der Waals surface area contributed by atoms with E-state index in [0.717, 1.165) is 33.5 Å². The normalized spacial score (nSPS) is 13.0. The van der Waals surface area contributed by atoms with Crippen LogP contribution in [0.5, 0.6) is 0 Å². The number of pyridine rings is 1. The molecule has 0 bridgehead atoms. The zero-order valence-corrected chi connectivity index (χ0v) is 15.1. The van der Waals surface area contributed by atoms with Crippen LogP contribution in [0.3, 0.4) is 0 Å². The Morgan fingerprint density at radius 3 is 2.52 bits per heavy atom. The Morgan fingerprint density at radius 1 is 1.20 bits per heavy atom. The van der Waals surface area contributed by atoms with Gasteiger partial charge in [0.2, 0.25) is 5.91 Å². The number of nitrogens with two attached hydrogens (primary N) is 1. The van der Waals surface area contributed by atoms with Gasteiger partial charge < -0.3 is 16.0 Å². The number of hydrogen-bond acceptors (Lipinski definition) is 3. The Hall–Kier alpha value is -2.66. The number of anilines is 1. The van der Waals surface area contributed by atoms with E-state index in [0.29, 0.717) is 0 Å². The fraction of sp³-hybridized carbons (Fsp3) is 0.300. The second-order valence-corrected chi connectivity index (χ2v) is 7.48. The van der Waals surface area contributed by atoms with Crippen molar-refractivity contribution >= 4 is 22.6 Å². The lowest BCUT2D eigenvalue weighted by molar-refractivity contribution is -0.119. The second-order valence-electron chi connectivity index (χ2n) is 7.48. The number of fused-ring (bicyclic) bond motifs is 1. The number of aromatic amines is 1. The maximum Gasteiger partial charge on any atom is 0.241 e. The Labute approximate surface area is 147 Å². The predicted molar refractivity (Wildman–Crippen MR) is 102 cm³/mol. The van der Waals surface area contributed by atoms with E-state index in [-0.39, 0.29) is 11.3 Å². The van der Waals surface area contributed by atoms with E-state index in [4.69, 9.17) is 5.73 Å².